The van der Waals surface area contributed by atoms with Crippen molar-refractivity contribution in [1.82, 2.24) is 9.97 Å². The second kappa shape index (κ2) is 5.18. The van der Waals surface area contributed by atoms with Crippen LogP contribution < -0.4 is 15.4 Å². The lowest BCUT2D eigenvalue weighted by Crippen LogP contribution is -2.42. The quantitative estimate of drug-likeness (QED) is 0.794. The van der Waals surface area contributed by atoms with Gasteiger partial charge in [0.15, 0.2) is 11.6 Å². The minimum atomic E-state index is 0.0898. The molecule has 0 aliphatic carbocycles. The van der Waals surface area contributed by atoms with Crippen LogP contribution in [0.25, 0.3) is 0 Å². The van der Waals surface area contributed by atoms with E-state index >= 15 is 0 Å². The summed E-state index contributed by atoms with van der Waals surface area (Å²) in [6.07, 6.45) is 4.61. The Bertz CT molecular complexity index is 386. The lowest BCUT2D eigenvalue weighted by Gasteiger charge is -2.36. The average Bonchev–Trinajstić information content (AvgIpc) is 2.38. The molecule has 0 bridgehead atoms. The van der Waals surface area contributed by atoms with Gasteiger partial charge in [0.1, 0.15) is 6.33 Å². The van der Waals surface area contributed by atoms with Gasteiger partial charge in [0.25, 0.3) is 0 Å². The third-order valence-electron chi connectivity index (χ3n) is 3.13. The number of aliphatic hydroxyl groups is 1. The Morgan fingerprint density at radius 1 is 1.53 bits per heavy atom. The summed E-state index contributed by atoms with van der Waals surface area (Å²) in [5, 5.41) is 9.40. The highest BCUT2D eigenvalue weighted by Crippen LogP contribution is 2.33. The highest BCUT2D eigenvalue weighted by Gasteiger charge is 2.26. The number of aromatic nitrogens is 2. The molecule has 1 atom stereocenters. The molecule has 17 heavy (non-hydrogen) atoms. The van der Waals surface area contributed by atoms with Crippen LogP contribution in [-0.4, -0.2) is 41.4 Å². The van der Waals surface area contributed by atoms with E-state index in [4.69, 9.17) is 10.5 Å². The molecule has 1 fully saturated rings. The molecule has 6 nitrogen and oxygen atoms in total. The van der Waals surface area contributed by atoms with E-state index < -0.39 is 0 Å². The van der Waals surface area contributed by atoms with Gasteiger partial charge in [-0.3, -0.25) is 0 Å². The van der Waals surface area contributed by atoms with E-state index in [-0.39, 0.29) is 12.6 Å². The maximum absolute atomic E-state index is 9.40. The molecule has 0 aromatic carbocycles. The van der Waals surface area contributed by atoms with Crippen LogP contribution in [0.5, 0.6) is 5.75 Å². The average molecular weight is 238 g/mol. The maximum atomic E-state index is 9.40. The third-order valence-corrected chi connectivity index (χ3v) is 3.13. The topological polar surface area (TPSA) is 84.5 Å². The van der Waals surface area contributed by atoms with Crippen molar-refractivity contribution in [1.29, 1.82) is 0 Å². The highest BCUT2D eigenvalue weighted by molar-refractivity contribution is 5.63. The number of aliphatic hydroxyl groups excluding tert-OH is 1. The zero-order valence-electron chi connectivity index (χ0n) is 9.96. The summed E-state index contributed by atoms with van der Waals surface area (Å²) in [6.45, 7) is 0.977. The van der Waals surface area contributed by atoms with Crippen LogP contribution >= 0.6 is 0 Å². The largest absolute Gasteiger partial charge is 0.490 e. The summed E-state index contributed by atoms with van der Waals surface area (Å²) in [4.78, 5) is 10.2. The Labute approximate surface area is 100 Å². The molecule has 3 N–H and O–H groups in total. The monoisotopic (exact) mass is 238 g/mol. The van der Waals surface area contributed by atoms with Crippen molar-refractivity contribution in [2.75, 3.05) is 30.9 Å². The van der Waals surface area contributed by atoms with Crippen LogP contribution in [-0.2, 0) is 0 Å². The lowest BCUT2D eigenvalue weighted by atomic mass is 10.0. The molecular weight excluding hydrogens is 220 g/mol. The second-order valence-corrected chi connectivity index (χ2v) is 4.14. The molecule has 1 aliphatic rings. The van der Waals surface area contributed by atoms with Crippen LogP contribution in [0.2, 0.25) is 0 Å². The van der Waals surface area contributed by atoms with Crippen molar-refractivity contribution in [3.05, 3.63) is 6.33 Å². The van der Waals surface area contributed by atoms with E-state index in [1.54, 1.807) is 7.11 Å². The van der Waals surface area contributed by atoms with Gasteiger partial charge in [0.2, 0.25) is 5.75 Å². The number of rotatable bonds is 3. The molecule has 1 aromatic rings. The Morgan fingerprint density at radius 3 is 3.06 bits per heavy atom. The smallest absolute Gasteiger partial charge is 0.204 e. The van der Waals surface area contributed by atoms with E-state index in [1.807, 2.05) is 0 Å². The minimum absolute atomic E-state index is 0.0898. The number of nitrogens with two attached hydrogens (primary N) is 1. The standard InChI is InChI=1S/C11H18N4O2/c1-17-9-10(12)13-7-14-11(9)15-5-3-2-4-8(15)6-16/h7-8,16H,2-6H2,1H3,(H2,12,13,14). The summed E-state index contributed by atoms with van der Waals surface area (Å²) in [5.41, 5.74) is 5.76. The van der Waals surface area contributed by atoms with Crippen LogP contribution in [0.4, 0.5) is 11.6 Å². The molecule has 1 aromatic heterocycles. The van der Waals surface area contributed by atoms with E-state index in [0.717, 1.165) is 25.8 Å². The summed E-state index contributed by atoms with van der Waals surface area (Å²) >= 11 is 0. The fourth-order valence-corrected chi connectivity index (χ4v) is 2.25. The molecule has 6 heteroatoms. The van der Waals surface area contributed by atoms with E-state index in [2.05, 4.69) is 14.9 Å². The number of methoxy groups -OCH3 is 1. The first-order valence-corrected chi connectivity index (χ1v) is 5.80. The third kappa shape index (κ3) is 2.26. The fraction of sp³-hybridized carbons (Fsp3) is 0.636. The Kier molecular flexibility index (Phi) is 3.63. The molecule has 1 unspecified atom stereocenters. The summed E-state index contributed by atoms with van der Waals surface area (Å²) in [5.74, 6) is 1.51. The van der Waals surface area contributed by atoms with Gasteiger partial charge < -0.3 is 20.5 Å². The summed E-state index contributed by atoms with van der Waals surface area (Å²) in [6, 6.07) is 0.0898. The van der Waals surface area contributed by atoms with Crippen molar-refractivity contribution in [3.63, 3.8) is 0 Å². The second-order valence-electron chi connectivity index (χ2n) is 4.14. The maximum Gasteiger partial charge on any atom is 0.204 e. The van der Waals surface area contributed by atoms with Crippen molar-refractivity contribution < 1.29 is 9.84 Å². The number of hydrogen-bond acceptors (Lipinski definition) is 6. The van der Waals surface area contributed by atoms with Crippen LogP contribution in [0, 0.1) is 0 Å². The number of ether oxygens (including phenoxy) is 1. The molecule has 0 radical (unpaired) electrons. The molecule has 0 amide bonds. The van der Waals surface area contributed by atoms with Gasteiger partial charge in [-0.1, -0.05) is 0 Å². The van der Waals surface area contributed by atoms with Gasteiger partial charge in [-0.15, -0.1) is 0 Å². The molecule has 0 spiro atoms. The van der Waals surface area contributed by atoms with E-state index in [9.17, 15) is 5.11 Å². The van der Waals surface area contributed by atoms with Gasteiger partial charge in [-0.05, 0) is 19.3 Å². The molecule has 0 saturated carbocycles. The van der Waals surface area contributed by atoms with E-state index in [0.29, 0.717) is 17.4 Å². The van der Waals surface area contributed by atoms with Crippen LogP contribution in [0.3, 0.4) is 0 Å². The molecule has 1 aliphatic heterocycles. The van der Waals surface area contributed by atoms with Crippen molar-refractivity contribution in [2.45, 2.75) is 25.3 Å². The summed E-state index contributed by atoms with van der Waals surface area (Å²) in [7, 11) is 1.55. The first kappa shape index (κ1) is 11.9. The van der Waals surface area contributed by atoms with Gasteiger partial charge in [0.05, 0.1) is 19.8 Å². The number of nitrogen functional groups attached to an aromatic ring is 1. The van der Waals surface area contributed by atoms with Gasteiger partial charge >= 0.3 is 0 Å². The van der Waals surface area contributed by atoms with Gasteiger partial charge in [0, 0.05) is 6.54 Å². The number of nitrogens with zero attached hydrogens (tertiary/aromatic N) is 3. The molecule has 2 heterocycles. The van der Waals surface area contributed by atoms with E-state index in [1.165, 1.54) is 6.33 Å². The van der Waals surface area contributed by atoms with Crippen molar-refractivity contribution in [3.8, 4) is 5.75 Å². The zero-order chi connectivity index (χ0) is 12.3. The number of hydrogen-bond donors (Lipinski definition) is 2. The minimum Gasteiger partial charge on any atom is -0.490 e. The Morgan fingerprint density at radius 2 is 2.35 bits per heavy atom. The molecule has 94 valence electrons. The first-order valence-electron chi connectivity index (χ1n) is 5.80. The molecule has 1 saturated heterocycles. The SMILES string of the molecule is COc1c(N)ncnc1N1CCCCC1CO. The zero-order valence-corrected chi connectivity index (χ0v) is 9.96. The Balaban J connectivity index is 2.34. The lowest BCUT2D eigenvalue weighted by molar-refractivity contribution is 0.238. The number of anilines is 2. The predicted octanol–water partition coefficient (Wildman–Crippen LogP) is 0.419. The fourth-order valence-electron chi connectivity index (χ4n) is 2.25. The first-order chi connectivity index (χ1) is 8.27. The van der Waals surface area contributed by atoms with Crippen LogP contribution in [0.15, 0.2) is 6.33 Å². The predicted molar refractivity (Wildman–Crippen MR) is 65.1 cm³/mol. The van der Waals surface area contributed by atoms with Crippen molar-refractivity contribution in [2.24, 2.45) is 0 Å². The highest BCUT2D eigenvalue weighted by atomic mass is 16.5. The van der Waals surface area contributed by atoms with Crippen molar-refractivity contribution >= 4 is 11.6 Å². The Hall–Kier alpha value is -1.56. The summed E-state index contributed by atoms with van der Waals surface area (Å²) < 4.78 is 5.25. The van der Waals surface area contributed by atoms with Gasteiger partial charge in [-0.25, -0.2) is 9.97 Å². The van der Waals surface area contributed by atoms with Crippen LogP contribution in [0.1, 0.15) is 19.3 Å². The molecule has 2 rings (SSSR count). The normalized spacial score (nSPS) is 20.4. The molecular formula is C11H18N4O2. The van der Waals surface area contributed by atoms with Gasteiger partial charge in [-0.2, -0.15) is 0 Å². The number of piperidine rings is 1.